The first-order chi connectivity index (χ1) is 10.5. The summed E-state index contributed by atoms with van der Waals surface area (Å²) in [5.41, 5.74) is 5.22. The third-order valence-electron chi connectivity index (χ3n) is 4.22. The summed E-state index contributed by atoms with van der Waals surface area (Å²) in [7, 11) is 0. The van der Waals surface area contributed by atoms with E-state index in [0.29, 0.717) is 6.54 Å². The van der Waals surface area contributed by atoms with Crippen LogP contribution in [0.4, 0.5) is 0 Å². The summed E-state index contributed by atoms with van der Waals surface area (Å²) < 4.78 is 3.75. The fourth-order valence-electron chi connectivity index (χ4n) is 2.66. The first kappa shape index (κ1) is 17.5. The molecular formula is C15H23ClN6O. The molecular weight excluding hydrogens is 316 g/mol. The third-order valence-corrected chi connectivity index (χ3v) is 4.22. The Morgan fingerprint density at radius 3 is 2.78 bits per heavy atom. The smallest absolute Gasteiger partial charge is 0.242 e. The molecule has 0 radical (unpaired) electrons. The van der Waals surface area contributed by atoms with E-state index in [9.17, 15) is 4.79 Å². The highest BCUT2D eigenvalue weighted by Gasteiger charge is 2.13. The molecule has 23 heavy (non-hydrogen) atoms. The van der Waals surface area contributed by atoms with Crippen molar-refractivity contribution in [1.82, 2.24) is 30.2 Å². The molecule has 0 aliphatic carbocycles. The fourth-order valence-corrected chi connectivity index (χ4v) is 2.66. The first-order valence-corrected chi connectivity index (χ1v) is 7.58. The number of fused-ring (bicyclic) bond motifs is 1. The van der Waals surface area contributed by atoms with Crippen molar-refractivity contribution in [3.63, 3.8) is 0 Å². The molecule has 0 spiro atoms. The number of aryl methyl sites for hydroxylation is 1. The Bertz CT molecular complexity index is 682. The number of halogens is 1. The maximum Gasteiger partial charge on any atom is 0.242 e. The van der Waals surface area contributed by atoms with Gasteiger partial charge in [-0.1, -0.05) is 0 Å². The van der Waals surface area contributed by atoms with E-state index in [1.807, 2.05) is 31.5 Å². The lowest BCUT2D eigenvalue weighted by Crippen LogP contribution is -2.29. The van der Waals surface area contributed by atoms with Crippen LogP contribution in [0.5, 0.6) is 0 Å². The van der Waals surface area contributed by atoms with Crippen LogP contribution in [0, 0.1) is 20.8 Å². The molecule has 3 rings (SSSR count). The van der Waals surface area contributed by atoms with Crippen LogP contribution in [-0.4, -0.2) is 32.0 Å². The molecule has 1 aliphatic heterocycles. The molecule has 0 atom stereocenters. The quantitative estimate of drug-likeness (QED) is 0.866. The average Bonchev–Trinajstić information content (AvgIpc) is 3.02. The van der Waals surface area contributed by atoms with Gasteiger partial charge in [0, 0.05) is 18.8 Å². The summed E-state index contributed by atoms with van der Waals surface area (Å²) in [6.45, 7) is 9.33. The number of hydrogen-bond donors (Lipinski definition) is 2. The minimum Gasteiger partial charge on any atom is -0.349 e. The monoisotopic (exact) mass is 338 g/mol. The van der Waals surface area contributed by atoms with E-state index in [4.69, 9.17) is 0 Å². The molecule has 3 heterocycles. The lowest BCUT2D eigenvalue weighted by molar-refractivity contribution is -0.122. The number of amides is 1. The van der Waals surface area contributed by atoms with Gasteiger partial charge in [-0.05, 0) is 32.4 Å². The summed E-state index contributed by atoms with van der Waals surface area (Å²) in [4.78, 5) is 12.1. The van der Waals surface area contributed by atoms with E-state index in [1.165, 1.54) is 5.69 Å². The van der Waals surface area contributed by atoms with Crippen LogP contribution >= 0.6 is 12.4 Å². The van der Waals surface area contributed by atoms with Crippen molar-refractivity contribution < 1.29 is 4.79 Å². The average molecular weight is 339 g/mol. The minimum atomic E-state index is -0.0466. The minimum absolute atomic E-state index is 0. The second kappa shape index (κ2) is 7.14. The van der Waals surface area contributed by atoms with Gasteiger partial charge in [-0.3, -0.25) is 14.2 Å². The molecule has 0 saturated heterocycles. The molecule has 7 nitrogen and oxygen atoms in total. The maximum atomic E-state index is 12.1. The Kier molecular flexibility index (Phi) is 5.43. The summed E-state index contributed by atoms with van der Waals surface area (Å²) in [6.07, 6.45) is 0. The molecule has 1 amide bonds. The van der Waals surface area contributed by atoms with Crippen molar-refractivity contribution in [3.05, 3.63) is 34.4 Å². The highest BCUT2D eigenvalue weighted by Crippen LogP contribution is 2.11. The van der Waals surface area contributed by atoms with E-state index in [2.05, 4.69) is 20.8 Å². The van der Waals surface area contributed by atoms with Crippen LogP contribution in [0.15, 0.2) is 6.07 Å². The number of aromatic nitrogens is 4. The van der Waals surface area contributed by atoms with Gasteiger partial charge in [0.05, 0.1) is 30.2 Å². The van der Waals surface area contributed by atoms with Gasteiger partial charge in [-0.25, -0.2) is 0 Å². The van der Waals surface area contributed by atoms with E-state index in [0.717, 1.165) is 42.3 Å². The van der Waals surface area contributed by atoms with Gasteiger partial charge in [0.1, 0.15) is 6.54 Å². The zero-order chi connectivity index (χ0) is 15.7. The van der Waals surface area contributed by atoms with Gasteiger partial charge in [0.25, 0.3) is 0 Å². The van der Waals surface area contributed by atoms with Gasteiger partial charge < -0.3 is 10.6 Å². The SMILES string of the molecule is Cc1nn(CC(=O)NCc2cc3n(n2)CCNC3)c(C)c1C.Cl. The third kappa shape index (κ3) is 3.73. The van der Waals surface area contributed by atoms with Gasteiger partial charge in [-0.15, -0.1) is 12.4 Å². The first-order valence-electron chi connectivity index (χ1n) is 7.58. The fraction of sp³-hybridized carbons (Fsp3) is 0.533. The Morgan fingerprint density at radius 1 is 1.35 bits per heavy atom. The second-order valence-electron chi connectivity index (χ2n) is 5.76. The van der Waals surface area contributed by atoms with E-state index >= 15 is 0 Å². The Morgan fingerprint density at radius 2 is 2.13 bits per heavy atom. The van der Waals surface area contributed by atoms with Crippen molar-refractivity contribution in [2.45, 2.75) is 47.0 Å². The van der Waals surface area contributed by atoms with Crippen LogP contribution in [0.1, 0.15) is 28.3 Å². The van der Waals surface area contributed by atoms with Crippen molar-refractivity contribution in [2.75, 3.05) is 6.54 Å². The van der Waals surface area contributed by atoms with E-state index in [1.54, 1.807) is 4.68 Å². The lowest BCUT2D eigenvalue weighted by atomic mass is 10.2. The van der Waals surface area contributed by atoms with Crippen molar-refractivity contribution in [1.29, 1.82) is 0 Å². The molecule has 0 fully saturated rings. The topological polar surface area (TPSA) is 76.8 Å². The Labute approximate surface area is 141 Å². The number of nitrogens with zero attached hydrogens (tertiary/aromatic N) is 4. The van der Waals surface area contributed by atoms with Gasteiger partial charge in [-0.2, -0.15) is 10.2 Å². The number of hydrogen-bond acceptors (Lipinski definition) is 4. The van der Waals surface area contributed by atoms with E-state index < -0.39 is 0 Å². The second-order valence-corrected chi connectivity index (χ2v) is 5.76. The molecule has 126 valence electrons. The molecule has 0 saturated carbocycles. The standard InChI is InChI=1S/C15H22N6O.ClH/c1-10-11(2)18-21(12(10)3)9-15(22)17-7-13-6-14-8-16-4-5-20(14)19-13;/h6,16H,4-5,7-9H2,1-3H3,(H,17,22);1H. The zero-order valence-corrected chi connectivity index (χ0v) is 14.5. The summed E-state index contributed by atoms with van der Waals surface area (Å²) in [6, 6.07) is 2.04. The predicted molar refractivity (Wildman–Crippen MR) is 89.5 cm³/mol. The largest absolute Gasteiger partial charge is 0.349 e. The summed E-state index contributed by atoms with van der Waals surface area (Å²) in [5, 5.41) is 15.1. The Balaban J connectivity index is 0.00000192. The van der Waals surface area contributed by atoms with E-state index in [-0.39, 0.29) is 24.9 Å². The maximum absolute atomic E-state index is 12.1. The molecule has 0 aromatic carbocycles. The highest BCUT2D eigenvalue weighted by atomic mass is 35.5. The number of carbonyl (C=O) groups excluding carboxylic acids is 1. The normalized spacial score (nSPS) is 13.3. The van der Waals surface area contributed by atoms with Gasteiger partial charge >= 0.3 is 0 Å². The van der Waals surface area contributed by atoms with Crippen molar-refractivity contribution >= 4 is 18.3 Å². The lowest BCUT2D eigenvalue weighted by Gasteiger charge is -2.13. The van der Waals surface area contributed by atoms with Crippen LogP contribution < -0.4 is 10.6 Å². The summed E-state index contributed by atoms with van der Waals surface area (Å²) >= 11 is 0. The number of nitrogens with one attached hydrogen (secondary N) is 2. The summed E-state index contributed by atoms with van der Waals surface area (Å²) in [5.74, 6) is -0.0466. The highest BCUT2D eigenvalue weighted by molar-refractivity contribution is 5.85. The Hall–Kier alpha value is -1.86. The van der Waals surface area contributed by atoms with Crippen LogP contribution in [0.3, 0.4) is 0 Å². The predicted octanol–water partition coefficient (Wildman–Crippen LogP) is 0.846. The van der Waals surface area contributed by atoms with Crippen LogP contribution in [0.2, 0.25) is 0 Å². The molecule has 8 heteroatoms. The molecule has 0 bridgehead atoms. The van der Waals surface area contributed by atoms with Crippen LogP contribution in [-0.2, 0) is 31.0 Å². The van der Waals surface area contributed by atoms with Crippen molar-refractivity contribution in [2.24, 2.45) is 0 Å². The van der Waals surface area contributed by atoms with Gasteiger partial charge in [0.2, 0.25) is 5.91 Å². The van der Waals surface area contributed by atoms with Crippen molar-refractivity contribution in [3.8, 4) is 0 Å². The number of rotatable bonds is 4. The molecule has 0 unspecified atom stereocenters. The van der Waals surface area contributed by atoms with Gasteiger partial charge in [0.15, 0.2) is 0 Å². The number of carbonyl (C=O) groups is 1. The molecule has 2 N–H and O–H groups in total. The molecule has 2 aromatic heterocycles. The van der Waals surface area contributed by atoms with Crippen LogP contribution in [0.25, 0.3) is 0 Å². The zero-order valence-electron chi connectivity index (χ0n) is 13.7. The molecule has 1 aliphatic rings. The molecule has 2 aromatic rings.